The number of nitrogens with one attached hydrogen (secondary N) is 1. The molecule has 18 heavy (non-hydrogen) atoms. The highest BCUT2D eigenvalue weighted by molar-refractivity contribution is 5.74. The molecule has 0 radical (unpaired) electrons. The summed E-state index contributed by atoms with van der Waals surface area (Å²) in [5, 5.41) is 3.33. The molecule has 5 nitrogen and oxygen atoms in total. The van der Waals surface area contributed by atoms with E-state index in [0.717, 1.165) is 55.5 Å². The summed E-state index contributed by atoms with van der Waals surface area (Å²) in [5.41, 5.74) is 1.68. The molecule has 0 bridgehead atoms. The normalized spacial score (nSPS) is 17.2. The molecule has 96 valence electrons. The minimum Gasteiger partial charge on any atom is -0.497 e. The standard InChI is InChI=1S/C13H17N3O2/c1-17-10-2-3-12-11(8-10)15-13(18-12)9-16-6-4-14-5-7-16/h2-3,8,14H,4-7,9H2,1H3. The lowest BCUT2D eigenvalue weighted by molar-refractivity contribution is 0.214. The van der Waals surface area contributed by atoms with E-state index in [-0.39, 0.29) is 0 Å². The molecule has 3 rings (SSSR count). The third-order valence-electron chi connectivity index (χ3n) is 3.21. The van der Waals surface area contributed by atoms with Crippen LogP contribution in [0, 0.1) is 0 Å². The first-order valence-corrected chi connectivity index (χ1v) is 6.22. The number of aromatic nitrogens is 1. The van der Waals surface area contributed by atoms with E-state index >= 15 is 0 Å². The van der Waals surface area contributed by atoms with Crippen molar-refractivity contribution in [1.82, 2.24) is 15.2 Å². The summed E-state index contributed by atoms with van der Waals surface area (Å²) in [5.74, 6) is 1.59. The number of hydrogen-bond acceptors (Lipinski definition) is 5. The first-order chi connectivity index (χ1) is 8.85. The van der Waals surface area contributed by atoms with Crippen molar-refractivity contribution in [2.45, 2.75) is 6.54 Å². The molecule has 1 aromatic heterocycles. The number of ether oxygens (including phenoxy) is 1. The molecule has 0 amide bonds. The molecule has 1 aliphatic rings. The molecule has 1 fully saturated rings. The molecule has 5 heteroatoms. The fraction of sp³-hybridized carbons (Fsp3) is 0.462. The molecule has 1 N–H and O–H groups in total. The van der Waals surface area contributed by atoms with Crippen LogP contribution in [0.15, 0.2) is 22.6 Å². The highest BCUT2D eigenvalue weighted by Crippen LogP contribution is 2.21. The topological polar surface area (TPSA) is 50.5 Å². The summed E-state index contributed by atoms with van der Waals surface area (Å²) in [4.78, 5) is 6.85. The summed E-state index contributed by atoms with van der Waals surface area (Å²) in [6, 6.07) is 5.70. The Balaban J connectivity index is 1.79. The Hall–Kier alpha value is -1.59. The van der Waals surface area contributed by atoms with E-state index in [1.54, 1.807) is 7.11 Å². The van der Waals surface area contributed by atoms with Crippen LogP contribution in [0.4, 0.5) is 0 Å². The monoisotopic (exact) mass is 247 g/mol. The maximum Gasteiger partial charge on any atom is 0.209 e. The summed E-state index contributed by atoms with van der Waals surface area (Å²) in [6.07, 6.45) is 0. The zero-order valence-corrected chi connectivity index (χ0v) is 10.5. The predicted octanol–water partition coefficient (Wildman–Crippen LogP) is 1.24. The smallest absolute Gasteiger partial charge is 0.209 e. The van der Waals surface area contributed by atoms with Crippen molar-refractivity contribution in [3.8, 4) is 5.75 Å². The predicted molar refractivity (Wildman–Crippen MR) is 68.7 cm³/mol. The number of oxazole rings is 1. The maximum atomic E-state index is 5.74. The fourth-order valence-corrected chi connectivity index (χ4v) is 2.21. The molecule has 1 saturated heterocycles. The number of nitrogens with zero attached hydrogens (tertiary/aromatic N) is 2. The number of methoxy groups -OCH3 is 1. The molecule has 1 aromatic carbocycles. The van der Waals surface area contributed by atoms with Gasteiger partial charge in [0, 0.05) is 32.2 Å². The van der Waals surface area contributed by atoms with Gasteiger partial charge < -0.3 is 14.5 Å². The third-order valence-corrected chi connectivity index (χ3v) is 3.21. The zero-order valence-electron chi connectivity index (χ0n) is 10.5. The molecule has 0 aliphatic carbocycles. The van der Waals surface area contributed by atoms with Gasteiger partial charge in [0.15, 0.2) is 5.58 Å². The van der Waals surface area contributed by atoms with E-state index in [2.05, 4.69) is 15.2 Å². The molecular formula is C13H17N3O2. The van der Waals surface area contributed by atoms with Crippen molar-refractivity contribution < 1.29 is 9.15 Å². The van der Waals surface area contributed by atoms with Crippen molar-refractivity contribution in [2.24, 2.45) is 0 Å². The number of piperazine rings is 1. The van der Waals surface area contributed by atoms with Crippen LogP contribution in [-0.2, 0) is 6.54 Å². The van der Waals surface area contributed by atoms with Crippen LogP contribution in [0.5, 0.6) is 5.75 Å². The van der Waals surface area contributed by atoms with E-state index in [9.17, 15) is 0 Å². The van der Waals surface area contributed by atoms with Gasteiger partial charge in [-0.15, -0.1) is 0 Å². The van der Waals surface area contributed by atoms with Gasteiger partial charge in [0.05, 0.1) is 13.7 Å². The van der Waals surface area contributed by atoms with Crippen LogP contribution in [0.25, 0.3) is 11.1 Å². The summed E-state index contributed by atoms with van der Waals surface area (Å²) in [6.45, 7) is 4.94. The van der Waals surface area contributed by atoms with Gasteiger partial charge >= 0.3 is 0 Å². The molecule has 1 aliphatic heterocycles. The lowest BCUT2D eigenvalue weighted by atomic mass is 10.3. The molecule has 2 aromatic rings. The lowest BCUT2D eigenvalue weighted by Gasteiger charge is -2.25. The highest BCUT2D eigenvalue weighted by atomic mass is 16.5. The van der Waals surface area contributed by atoms with Crippen molar-refractivity contribution in [1.29, 1.82) is 0 Å². The Morgan fingerprint density at radius 3 is 3.00 bits per heavy atom. The molecule has 0 atom stereocenters. The fourth-order valence-electron chi connectivity index (χ4n) is 2.21. The van der Waals surface area contributed by atoms with Gasteiger partial charge in [-0.2, -0.15) is 0 Å². The number of benzene rings is 1. The molecule has 0 spiro atoms. The van der Waals surface area contributed by atoms with Crippen LogP contribution < -0.4 is 10.1 Å². The Morgan fingerprint density at radius 1 is 1.39 bits per heavy atom. The van der Waals surface area contributed by atoms with Gasteiger partial charge in [-0.1, -0.05) is 0 Å². The Kier molecular flexibility index (Phi) is 3.17. The summed E-state index contributed by atoms with van der Waals surface area (Å²) >= 11 is 0. The SMILES string of the molecule is COc1ccc2oc(CN3CCNCC3)nc2c1. The zero-order chi connectivity index (χ0) is 12.4. The summed E-state index contributed by atoms with van der Waals surface area (Å²) < 4.78 is 10.9. The molecule has 0 saturated carbocycles. The Labute approximate surface area is 106 Å². The average Bonchev–Trinajstić information content (AvgIpc) is 2.80. The molecule has 2 heterocycles. The van der Waals surface area contributed by atoms with Crippen LogP contribution in [0.3, 0.4) is 0 Å². The number of rotatable bonds is 3. The van der Waals surface area contributed by atoms with Crippen molar-refractivity contribution in [3.05, 3.63) is 24.1 Å². The van der Waals surface area contributed by atoms with Gasteiger partial charge in [0.1, 0.15) is 11.3 Å². The molecule has 0 unspecified atom stereocenters. The van der Waals surface area contributed by atoms with Crippen LogP contribution in [-0.4, -0.2) is 43.2 Å². The van der Waals surface area contributed by atoms with E-state index < -0.39 is 0 Å². The minimum absolute atomic E-state index is 0.776. The van der Waals surface area contributed by atoms with Crippen molar-refractivity contribution in [3.63, 3.8) is 0 Å². The van der Waals surface area contributed by atoms with E-state index in [1.807, 2.05) is 18.2 Å². The second-order valence-corrected chi connectivity index (χ2v) is 4.47. The van der Waals surface area contributed by atoms with Gasteiger partial charge in [0.25, 0.3) is 0 Å². The van der Waals surface area contributed by atoms with Crippen molar-refractivity contribution >= 4 is 11.1 Å². The van der Waals surface area contributed by atoms with Crippen molar-refractivity contribution in [2.75, 3.05) is 33.3 Å². The maximum absolute atomic E-state index is 5.74. The van der Waals surface area contributed by atoms with Crippen LogP contribution in [0.2, 0.25) is 0 Å². The first kappa shape index (κ1) is 11.5. The molecular weight excluding hydrogens is 230 g/mol. The van der Waals surface area contributed by atoms with Crippen LogP contribution in [0.1, 0.15) is 5.89 Å². The van der Waals surface area contributed by atoms with Crippen LogP contribution >= 0.6 is 0 Å². The van der Waals surface area contributed by atoms with Gasteiger partial charge in [0.2, 0.25) is 5.89 Å². The second kappa shape index (κ2) is 4.96. The minimum atomic E-state index is 0.776. The Bertz CT molecular complexity index is 532. The largest absolute Gasteiger partial charge is 0.497 e. The van der Waals surface area contributed by atoms with Gasteiger partial charge in [-0.05, 0) is 12.1 Å². The highest BCUT2D eigenvalue weighted by Gasteiger charge is 2.14. The second-order valence-electron chi connectivity index (χ2n) is 4.47. The lowest BCUT2D eigenvalue weighted by Crippen LogP contribution is -2.42. The van der Waals surface area contributed by atoms with E-state index in [0.29, 0.717) is 0 Å². The van der Waals surface area contributed by atoms with Gasteiger partial charge in [-0.3, -0.25) is 4.90 Å². The number of fused-ring (bicyclic) bond motifs is 1. The van der Waals surface area contributed by atoms with E-state index in [4.69, 9.17) is 9.15 Å². The average molecular weight is 247 g/mol. The quantitative estimate of drug-likeness (QED) is 0.884. The summed E-state index contributed by atoms with van der Waals surface area (Å²) in [7, 11) is 1.66. The van der Waals surface area contributed by atoms with Gasteiger partial charge in [-0.25, -0.2) is 4.98 Å². The van der Waals surface area contributed by atoms with E-state index in [1.165, 1.54) is 0 Å². The number of hydrogen-bond donors (Lipinski definition) is 1. The third kappa shape index (κ3) is 2.32. The first-order valence-electron chi connectivity index (χ1n) is 6.22. The Morgan fingerprint density at radius 2 is 2.22 bits per heavy atom.